The average Bonchev–Trinajstić information content (AvgIpc) is 3.26. The number of carbonyl (C=O) groups is 2. The summed E-state index contributed by atoms with van der Waals surface area (Å²) in [6.45, 7) is 10.7. The zero-order chi connectivity index (χ0) is 26.3. The average molecular weight is 489 g/mol. The molecule has 4 N–H and O–H groups in total. The number of Topliss-reactive ketones (excluding diaryl/α,β-unsaturated/α-hetero) is 1. The third-order valence-corrected chi connectivity index (χ3v) is 6.75. The van der Waals surface area contributed by atoms with E-state index in [9.17, 15) is 19.8 Å². The van der Waals surface area contributed by atoms with Crippen molar-refractivity contribution >= 4 is 17.8 Å². The molecule has 1 aliphatic heterocycles. The van der Waals surface area contributed by atoms with Crippen LogP contribution < -0.4 is 5.73 Å². The van der Waals surface area contributed by atoms with E-state index in [4.69, 9.17) is 14.9 Å². The van der Waals surface area contributed by atoms with Gasteiger partial charge in [0.05, 0.1) is 30.6 Å². The number of rotatable bonds is 3. The number of aliphatic hydroxyl groups excluding tert-OH is 2. The van der Waals surface area contributed by atoms with Crippen molar-refractivity contribution in [2.24, 2.45) is 23.0 Å². The Bertz CT molecular complexity index is 974. The maximum atomic E-state index is 13.1. The molecule has 0 aliphatic carbocycles. The number of ketones is 1. The van der Waals surface area contributed by atoms with Crippen LogP contribution in [0, 0.1) is 17.3 Å². The molecule has 2 rings (SSSR count). The van der Waals surface area contributed by atoms with Crippen molar-refractivity contribution in [3.63, 3.8) is 0 Å². The van der Waals surface area contributed by atoms with Crippen LogP contribution in [0.4, 0.5) is 0 Å². The van der Waals surface area contributed by atoms with Gasteiger partial charge in [-0.15, -0.1) is 0 Å². The van der Waals surface area contributed by atoms with Crippen LogP contribution in [0.2, 0.25) is 0 Å². The minimum Gasteiger partial charge on any atom is -0.457 e. The van der Waals surface area contributed by atoms with Crippen LogP contribution in [-0.4, -0.2) is 45.3 Å². The molecule has 194 valence electrons. The van der Waals surface area contributed by atoms with Crippen molar-refractivity contribution in [1.29, 1.82) is 0 Å². The molecule has 0 spiro atoms. The summed E-state index contributed by atoms with van der Waals surface area (Å²) in [6.07, 6.45) is 7.15. The number of cyclic esters (lactones) is 1. The van der Waals surface area contributed by atoms with Crippen LogP contribution in [0.3, 0.4) is 0 Å². The monoisotopic (exact) mass is 488 g/mol. The first-order valence-electron chi connectivity index (χ1n) is 12.1. The number of hydrogen-bond donors (Lipinski definition) is 3. The van der Waals surface area contributed by atoms with Crippen molar-refractivity contribution in [1.82, 2.24) is 4.98 Å². The van der Waals surface area contributed by atoms with E-state index < -0.39 is 35.6 Å². The number of ether oxygens (including phenoxy) is 1. The zero-order valence-corrected chi connectivity index (χ0v) is 21.7. The van der Waals surface area contributed by atoms with Crippen molar-refractivity contribution in [2.45, 2.75) is 85.7 Å². The topological polar surface area (TPSA) is 136 Å². The predicted molar refractivity (Wildman–Crippen MR) is 134 cm³/mol. The molecule has 0 saturated heterocycles. The third-order valence-electron chi connectivity index (χ3n) is 6.75. The second kappa shape index (κ2) is 12.4. The molecule has 2 heterocycles. The van der Waals surface area contributed by atoms with Gasteiger partial charge in [-0.2, -0.15) is 0 Å². The van der Waals surface area contributed by atoms with Gasteiger partial charge in [-0.05, 0) is 31.9 Å². The van der Waals surface area contributed by atoms with E-state index in [0.29, 0.717) is 24.4 Å². The molecule has 0 amide bonds. The summed E-state index contributed by atoms with van der Waals surface area (Å²) in [7, 11) is 0. The van der Waals surface area contributed by atoms with Crippen molar-refractivity contribution in [3.8, 4) is 0 Å². The molecule has 8 nitrogen and oxygen atoms in total. The van der Waals surface area contributed by atoms with E-state index in [0.717, 1.165) is 11.1 Å². The van der Waals surface area contributed by atoms with E-state index in [2.05, 4.69) is 4.98 Å². The quantitative estimate of drug-likeness (QED) is 0.433. The molecular formula is C27H40N2O6. The largest absolute Gasteiger partial charge is 0.457 e. The molecule has 0 fully saturated rings. The molecule has 8 heteroatoms. The molecule has 0 saturated carbocycles. The molecule has 0 radical (unpaired) electrons. The van der Waals surface area contributed by atoms with E-state index in [1.54, 1.807) is 26.8 Å². The van der Waals surface area contributed by atoms with Crippen LogP contribution in [0.25, 0.3) is 6.08 Å². The van der Waals surface area contributed by atoms with E-state index in [1.807, 2.05) is 39.0 Å². The summed E-state index contributed by atoms with van der Waals surface area (Å²) in [5.41, 5.74) is 6.72. The number of nitrogens with zero attached hydrogens (tertiary/aromatic N) is 1. The lowest BCUT2D eigenvalue weighted by atomic mass is 9.73. The fourth-order valence-corrected chi connectivity index (χ4v) is 4.09. The van der Waals surface area contributed by atoms with Crippen molar-refractivity contribution < 1.29 is 29.0 Å². The lowest BCUT2D eigenvalue weighted by molar-refractivity contribution is -0.154. The summed E-state index contributed by atoms with van der Waals surface area (Å²) >= 11 is 0. The van der Waals surface area contributed by atoms with Gasteiger partial charge in [-0.1, -0.05) is 51.5 Å². The standard InChI is InChI=1S/C27H40N2O6/c1-16-8-7-9-17(2)25(32)19(4)26(33)27(5,6)22(30)13-24(31)35-21(11-10-16)18(3)12-20-15-34-23(14-28)29-20/h7,9-10,12,15,17,19,21-22,25,30,32H,8,11,13-14,28H2,1-6H3/b9-7+,16-10-,18-12+/t17-,19+,21-,22?,25-/m0/s1. The number of aliphatic hydroxyl groups is 2. The normalized spacial score (nSPS) is 32.0. The van der Waals surface area contributed by atoms with Gasteiger partial charge in [0.1, 0.15) is 23.8 Å². The Kier molecular flexibility index (Phi) is 10.2. The second-order valence-electron chi connectivity index (χ2n) is 10.1. The third kappa shape index (κ3) is 7.72. The second-order valence-corrected chi connectivity index (χ2v) is 10.1. The Morgan fingerprint density at radius 3 is 2.60 bits per heavy atom. The highest BCUT2D eigenvalue weighted by Crippen LogP contribution is 2.31. The number of nitrogens with two attached hydrogens (primary N) is 1. The lowest BCUT2D eigenvalue weighted by Gasteiger charge is -2.34. The molecule has 1 aromatic heterocycles. The number of esters is 1. The molecule has 5 atom stereocenters. The molecule has 0 aromatic carbocycles. The number of oxazole rings is 1. The van der Waals surface area contributed by atoms with Gasteiger partial charge in [0.25, 0.3) is 0 Å². The first-order chi connectivity index (χ1) is 16.4. The predicted octanol–water partition coefficient (Wildman–Crippen LogP) is 3.72. The summed E-state index contributed by atoms with van der Waals surface area (Å²) in [5.74, 6) is -1.46. The SMILES string of the molecule is C/C1=C/C[C@@H](/C(C)=C/c2coc(CN)n2)OC(=O)CC(O)C(C)(C)C(=O)[C@H](C)[C@@H](O)[C@@H](C)/C=C/C1. The van der Waals surface area contributed by atoms with Gasteiger partial charge in [0, 0.05) is 18.3 Å². The Morgan fingerprint density at radius 1 is 1.29 bits per heavy atom. The smallest absolute Gasteiger partial charge is 0.309 e. The van der Waals surface area contributed by atoms with Crippen molar-refractivity contribution in [3.05, 3.63) is 47.2 Å². The Labute approximate surface area is 207 Å². The van der Waals surface area contributed by atoms with Gasteiger partial charge in [-0.3, -0.25) is 9.59 Å². The highest BCUT2D eigenvalue weighted by Gasteiger charge is 2.42. The van der Waals surface area contributed by atoms with E-state index >= 15 is 0 Å². The molecule has 1 aromatic rings. The van der Waals surface area contributed by atoms with Gasteiger partial charge in [0.15, 0.2) is 0 Å². The number of aromatic nitrogens is 1. The molecular weight excluding hydrogens is 448 g/mol. The van der Waals surface area contributed by atoms with Crippen LogP contribution in [0.15, 0.2) is 40.1 Å². The van der Waals surface area contributed by atoms with Crippen LogP contribution in [0.1, 0.15) is 72.4 Å². The fraction of sp³-hybridized carbons (Fsp3) is 0.593. The van der Waals surface area contributed by atoms with Gasteiger partial charge in [0.2, 0.25) is 5.89 Å². The summed E-state index contributed by atoms with van der Waals surface area (Å²) < 4.78 is 11.0. The molecule has 1 unspecified atom stereocenters. The molecule has 35 heavy (non-hydrogen) atoms. The summed E-state index contributed by atoms with van der Waals surface area (Å²) in [6, 6.07) is 0. The number of carbonyl (C=O) groups excluding carboxylic acids is 2. The van der Waals surface area contributed by atoms with E-state index in [1.165, 1.54) is 6.26 Å². The van der Waals surface area contributed by atoms with Crippen LogP contribution in [-0.2, 0) is 20.9 Å². The lowest BCUT2D eigenvalue weighted by Crippen LogP contribution is -2.45. The van der Waals surface area contributed by atoms with Crippen LogP contribution >= 0.6 is 0 Å². The maximum absolute atomic E-state index is 13.1. The highest BCUT2D eigenvalue weighted by atomic mass is 16.5. The first-order valence-corrected chi connectivity index (χ1v) is 12.1. The van der Waals surface area contributed by atoms with E-state index in [-0.39, 0.29) is 24.7 Å². The zero-order valence-electron chi connectivity index (χ0n) is 21.7. The first kappa shape index (κ1) is 28.7. The van der Waals surface area contributed by atoms with Gasteiger partial charge < -0.3 is 25.1 Å². The molecule has 0 bridgehead atoms. The van der Waals surface area contributed by atoms with Gasteiger partial charge >= 0.3 is 5.97 Å². The summed E-state index contributed by atoms with van der Waals surface area (Å²) in [5, 5.41) is 21.5. The highest BCUT2D eigenvalue weighted by molar-refractivity contribution is 5.88. The minimum atomic E-state index is -1.26. The Hall–Kier alpha value is -2.55. The van der Waals surface area contributed by atoms with Crippen LogP contribution in [0.5, 0.6) is 0 Å². The number of allylic oxidation sites excluding steroid dienone is 2. The van der Waals surface area contributed by atoms with Crippen molar-refractivity contribution in [2.75, 3.05) is 0 Å². The fourth-order valence-electron chi connectivity index (χ4n) is 4.09. The van der Waals surface area contributed by atoms with Gasteiger partial charge in [-0.25, -0.2) is 4.98 Å². The Morgan fingerprint density at radius 2 is 1.97 bits per heavy atom. The Balaban J connectivity index is 2.37. The molecule has 1 aliphatic rings. The minimum absolute atomic E-state index is 0.182. The number of hydrogen-bond acceptors (Lipinski definition) is 8. The summed E-state index contributed by atoms with van der Waals surface area (Å²) in [4.78, 5) is 30.2. The maximum Gasteiger partial charge on any atom is 0.309 e.